The topological polar surface area (TPSA) is 51.3 Å². The summed E-state index contributed by atoms with van der Waals surface area (Å²) in [5.41, 5.74) is 9.16. The minimum Gasteiger partial charge on any atom is -0.322 e. The van der Waals surface area contributed by atoms with Gasteiger partial charge in [-0.15, -0.1) is 0 Å². The van der Waals surface area contributed by atoms with E-state index in [0.717, 1.165) is 37.9 Å². The number of nitrogens with two attached hydrogens (primary N) is 1. The van der Waals surface area contributed by atoms with Crippen molar-refractivity contribution in [2.24, 2.45) is 5.73 Å². The van der Waals surface area contributed by atoms with Crippen LogP contribution in [0.3, 0.4) is 0 Å². The lowest BCUT2D eigenvalue weighted by molar-refractivity contribution is 0.298. The van der Waals surface area contributed by atoms with Gasteiger partial charge in [0.05, 0.1) is 0 Å². The van der Waals surface area contributed by atoms with Gasteiger partial charge in [0.1, 0.15) is 0 Å². The summed E-state index contributed by atoms with van der Waals surface area (Å²) >= 11 is 0. The molecule has 4 nitrogen and oxygen atoms in total. The molecule has 2 heterocycles. The molecule has 21 heavy (non-hydrogen) atoms. The van der Waals surface area contributed by atoms with Crippen LogP contribution in [0.15, 0.2) is 10.9 Å². The Hall–Kier alpha value is -1.13. The number of fused-ring (bicyclic) bond motifs is 1. The van der Waals surface area contributed by atoms with Crippen molar-refractivity contribution < 1.29 is 0 Å². The van der Waals surface area contributed by atoms with Gasteiger partial charge in [-0.1, -0.05) is 12.8 Å². The van der Waals surface area contributed by atoms with Crippen molar-refractivity contribution in [2.45, 2.75) is 64.1 Å². The standard InChI is InChI=1S/C17H27N3O/c1-17(2,18)14-10-12-11-19(3)9-8-15(12)20(16(14)21)13-6-4-5-7-13/h10,13H,4-9,11,18H2,1-3H3. The van der Waals surface area contributed by atoms with Gasteiger partial charge in [0.15, 0.2) is 0 Å². The number of pyridine rings is 1. The summed E-state index contributed by atoms with van der Waals surface area (Å²) in [4.78, 5) is 15.3. The Bertz CT molecular complexity index is 591. The van der Waals surface area contributed by atoms with Gasteiger partial charge < -0.3 is 15.2 Å². The molecule has 116 valence electrons. The summed E-state index contributed by atoms with van der Waals surface area (Å²) in [6.07, 6.45) is 5.72. The average Bonchev–Trinajstić information content (AvgIpc) is 2.90. The average molecular weight is 289 g/mol. The lowest BCUT2D eigenvalue weighted by Gasteiger charge is -2.32. The van der Waals surface area contributed by atoms with Gasteiger partial charge in [0, 0.05) is 42.3 Å². The van der Waals surface area contributed by atoms with E-state index in [1.807, 2.05) is 13.8 Å². The molecule has 1 aromatic rings. The fraction of sp³-hybridized carbons (Fsp3) is 0.706. The first-order chi connectivity index (χ1) is 9.88. The van der Waals surface area contributed by atoms with Crippen LogP contribution >= 0.6 is 0 Å². The predicted molar refractivity (Wildman–Crippen MR) is 85.5 cm³/mol. The molecular weight excluding hydrogens is 262 g/mol. The Morgan fingerprint density at radius 3 is 2.57 bits per heavy atom. The number of nitrogens with zero attached hydrogens (tertiary/aromatic N) is 2. The zero-order chi connectivity index (χ0) is 15.2. The van der Waals surface area contributed by atoms with E-state index in [-0.39, 0.29) is 5.56 Å². The van der Waals surface area contributed by atoms with Gasteiger partial charge in [-0.3, -0.25) is 4.79 Å². The van der Waals surface area contributed by atoms with Crippen molar-refractivity contribution in [2.75, 3.05) is 13.6 Å². The van der Waals surface area contributed by atoms with Gasteiger partial charge >= 0.3 is 0 Å². The van der Waals surface area contributed by atoms with Crippen LogP contribution in [0.1, 0.15) is 62.4 Å². The third kappa shape index (κ3) is 2.67. The van der Waals surface area contributed by atoms with Gasteiger partial charge in [-0.2, -0.15) is 0 Å². The van der Waals surface area contributed by atoms with Crippen molar-refractivity contribution >= 4 is 0 Å². The second-order valence-corrected chi connectivity index (χ2v) is 7.35. The Morgan fingerprint density at radius 1 is 1.29 bits per heavy atom. The molecule has 3 rings (SSSR count). The van der Waals surface area contributed by atoms with E-state index >= 15 is 0 Å². The Morgan fingerprint density at radius 2 is 1.95 bits per heavy atom. The van der Waals surface area contributed by atoms with E-state index in [4.69, 9.17) is 5.73 Å². The lowest BCUT2D eigenvalue weighted by atomic mass is 9.92. The zero-order valence-electron chi connectivity index (χ0n) is 13.5. The molecule has 2 N–H and O–H groups in total. The van der Waals surface area contributed by atoms with E-state index in [1.54, 1.807) is 0 Å². The summed E-state index contributed by atoms with van der Waals surface area (Å²) in [5.74, 6) is 0. The minimum atomic E-state index is -0.581. The molecule has 0 aromatic carbocycles. The molecule has 0 saturated heterocycles. The van der Waals surface area contributed by atoms with E-state index < -0.39 is 5.54 Å². The van der Waals surface area contributed by atoms with Gasteiger partial charge in [-0.05, 0) is 45.4 Å². The molecule has 0 amide bonds. The van der Waals surface area contributed by atoms with Crippen molar-refractivity contribution in [1.29, 1.82) is 0 Å². The van der Waals surface area contributed by atoms with Crippen molar-refractivity contribution in [3.8, 4) is 0 Å². The molecule has 1 aliphatic heterocycles. The molecule has 0 spiro atoms. The van der Waals surface area contributed by atoms with E-state index in [9.17, 15) is 4.79 Å². The molecule has 0 radical (unpaired) electrons. The molecule has 1 aliphatic carbocycles. The molecule has 1 saturated carbocycles. The fourth-order valence-corrected chi connectivity index (χ4v) is 3.82. The number of aromatic nitrogens is 1. The molecule has 1 fully saturated rings. The van der Waals surface area contributed by atoms with Gasteiger partial charge in [0.2, 0.25) is 0 Å². The normalized spacial score (nSPS) is 20.8. The van der Waals surface area contributed by atoms with Crippen LogP contribution < -0.4 is 11.3 Å². The van der Waals surface area contributed by atoms with E-state index in [0.29, 0.717) is 6.04 Å². The third-order valence-corrected chi connectivity index (χ3v) is 4.98. The second kappa shape index (κ2) is 5.25. The Kier molecular flexibility index (Phi) is 3.70. The number of likely N-dealkylation sites (N-methyl/N-ethyl adjacent to an activating group) is 1. The molecule has 1 aromatic heterocycles. The summed E-state index contributed by atoms with van der Waals surface area (Å²) in [6, 6.07) is 2.45. The van der Waals surface area contributed by atoms with Gasteiger partial charge in [-0.25, -0.2) is 0 Å². The van der Waals surface area contributed by atoms with E-state index in [2.05, 4.69) is 22.6 Å². The van der Waals surface area contributed by atoms with Crippen LogP contribution in [0, 0.1) is 0 Å². The summed E-state index contributed by atoms with van der Waals surface area (Å²) in [6.45, 7) is 5.82. The van der Waals surface area contributed by atoms with Crippen LogP contribution in [-0.4, -0.2) is 23.1 Å². The monoisotopic (exact) mass is 289 g/mol. The quantitative estimate of drug-likeness (QED) is 0.907. The minimum absolute atomic E-state index is 0.151. The maximum atomic E-state index is 13.0. The number of hydrogen-bond acceptors (Lipinski definition) is 3. The fourth-order valence-electron chi connectivity index (χ4n) is 3.82. The molecular formula is C17H27N3O. The van der Waals surface area contributed by atoms with Gasteiger partial charge in [0.25, 0.3) is 5.56 Å². The maximum Gasteiger partial charge on any atom is 0.256 e. The first-order valence-electron chi connectivity index (χ1n) is 8.13. The largest absolute Gasteiger partial charge is 0.322 e. The van der Waals surface area contributed by atoms with Crippen molar-refractivity contribution in [3.63, 3.8) is 0 Å². The highest BCUT2D eigenvalue weighted by molar-refractivity contribution is 5.32. The van der Waals surface area contributed by atoms with Crippen LogP contribution in [0.5, 0.6) is 0 Å². The molecule has 2 aliphatic rings. The zero-order valence-corrected chi connectivity index (χ0v) is 13.5. The maximum absolute atomic E-state index is 13.0. The highest BCUT2D eigenvalue weighted by Crippen LogP contribution is 2.32. The van der Waals surface area contributed by atoms with Crippen LogP contribution in [0.25, 0.3) is 0 Å². The summed E-state index contributed by atoms with van der Waals surface area (Å²) in [7, 11) is 2.14. The molecule has 0 atom stereocenters. The molecule has 0 bridgehead atoms. The predicted octanol–water partition coefficient (Wildman–Crippen LogP) is 2.15. The Labute approximate surface area is 126 Å². The van der Waals surface area contributed by atoms with Crippen molar-refractivity contribution in [1.82, 2.24) is 9.47 Å². The lowest BCUT2D eigenvalue weighted by Crippen LogP contribution is -2.42. The summed E-state index contributed by atoms with van der Waals surface area (Å²) in [5, 5.41) is 0. The second-order valence-electron chi connectivity index (χ2n) is 7.35. The van der Waals surface area contributed by atoms with E-state index in [1.165, 1.54) is 24.1 Å². The molecule has 4 heteroatoms. The highest BCUT2D eigenvalue weighted by atomic mass is 16.1. The summed E-state index contributed by atoms with van der Waals surface area (Å²) < 4.78 is 2.11. The number of hydrogen-bond donors (Lipinski definition) is 1. The van der Waals surface area contributed by atoms with Crippen LogP contribution in [-0.2, 0) is 18.5 Å². The smallest absolute Gasteiger partial charge is 0.256 e. The highest BCUT2D eigenvalue weighted by Gasteiger charge is 2.29. The Balaban J connectivity index is 2.20. The third-order valence-electron chi connectivity index (χ3n) is 4.98. The number of rotatable bonds is 2. The first-order valence-corrected chi connectivity index (χ1v) is 8.13. The first kappa shape index (κ1) is 14.8. The van der Waals surface area contributed by atoms with Crippen LogP contribution in [0.4, 0.5) is 0 Å². The van der Waals surface area contributed by atoms with Crippen molar-refractivity contribution in [3.05, 3.63) is 33.2 Å². The SMILES string of the molecule is CN1CCc2c(cc(C(C)(C)N)c(=O)n2C2CCCC2)C1. The molecule has 0 unspecified atom stereocenters. The van der Waals surface area contributed by atoms with Crippen LogP contribution in [0.2, 0.25) is 0 Å².